The Morgan fingerprint density at radius 3 is 2.69 bits per heavy atom. The van der Waals surface area contributed by atoms with Crippen molar-refractivity contribution in [1.29, 1.82) is 0 Å². The largest absolute Gasteiger partial charge is 0.352 e. The molecular formula is C21H22BrN3O. The smallest absolute Gasteiger partial charge is 0.252 e. The van der Waals surface area contributed by atoms with Gasteiger partial charge in [-0.3, -0.25) is 4.79 Å². The molecule has 0 aliphatic carbocycles. The number of fused-ring (bicyclic) bond motifs is 1. The minimum atomic E-state index is -0.0568. The van der Waals surface area contributed by atoms with Crippen LogP contribution in [0.1, 0.15) is 16.8 Å². The lowest BCUT2D eigenvalue weighted by atomic mass is 10.0. The molecule has 0 fully saturated rings. The molecule has 1 heterocycles. The van der Waals surface area contributed by atoms with Gasteiger partial charge in [-0.15, -0.1) is 0 Å². The van der Waals surface area contributed by atoms with E-state index in [0.29, 0.717) is 12.1 Å². The number of nitrogens with one attached hydrogen (secondary N) is 1. The molecule has 1 aromatic heterocycles. The van der Waals surface area contributed by atoms with E-state index in [0.717, 1.165) is 39.6 Å². The van der Waals surface area contributed by atoms with Crippen LogP contribution in [0, 0.1) is 0 Å². The second kappa shape index (κ2) is 8.43. The standard InChI is InChI=1S/C21H22BrN3O/c1-25(2)12-6-11-23-21(26)18-14-20(15-7-5-8-16(22)13-15)24-19-10-4-3-9-17(18)19/h3-5,7-10,13-14H,6,11-12H2,1-2H3,(H,23,26). The summed E-state index contributed by atoms with van der Waals surface area (Å²) in [6.45, 7) is 1.60. The van der Waals surface area contributed by atoms with Crippen LogP contribution in [0.25, 0.3) is 22.2 Å². The van der Waals surface area contributed by atoms with E-state index in [2.05, 4.69) is 26.1 Å². The lowest BCUT2D eigenvalue weighted by molar-refractivity contribution is 0.0954. The zero-order valence-electron chi connectivity index (χ0n) is 15.0. The van der Waals surface area contributed by atoms with Crippen molar-refractivity contribution < 1.29 is 4.79 Å². The summed E-state index contributed by atoms with van der Waals surface area (Å²) in [5.41, 5.74) is 3.26. The molecule has 3 rings (SSSR count). The summed E-state index contributed by atoms with van der Waals surface area (Å²) in [6.07, 6.45) is 0.917. The fourth-order valence-corrected chi connectivity index (χ4v) is 3.25. The molecule has 4 nitrogen and oxygen atoms in total. The number of carbonyl (C=O) groups is 1. The highest BCUT2D eigenvalue weighted by molar-refractivity contribution is 9.10. The zero-order valence-corrected chi connectivity index (χ0v) is 16.6. The quantitative estimate of drug-likeness (QED) is 0.613. The number of nitrogens with zero attached hydrogens (tertiary/aromatic N) is 2. The molecule has 0 saturated heterocycles. The first kappa shape index (κ1) is 18.5. The lowest BCUT2D eigenvalue weighted by Crippen LogP contribution is -2.27. The van der Waals surface area contributed by atoms with Crippen molar-refractivity contribution in [1.82, 2.24) is 15.2 Å². The Morgan fingerprint density at radius 2 is 1.92 bits per heavy atom. The third-order valence-corrected chi connectivity index (χ3v) is 4.64. The van der Waals surface area contributed by atoms with Gasteiger partial charge in [-0.05, 0) is 51.3 Å². The van der Waals surface area contributed by atoms with Gasteiger partial charge in [0.2, 0.25) is 0 Å². The van der Waals surface area contributed by atoms with Crippen molar-refractivity contribution in [3.05, 3.63) is 64.6 Å². The SMILES string of the molecule is CN(C)CCCNC(=O)c1cc(-c2cccc(Br)c2)nc2ccccc12. The molecule has 0 saturated carbocycles. The predicted octanol–water partition coefficient (Wildman–Crippen LogP) is 4.35. The number of rotatable bonds is 6. The van der Waals surface area contributed by atoms with Crippen molar-refractivity contribution in [2.45, 2.75) is 6.42 Å². The Morgan fingerprint density at radius 1 is 1.12 bits per heavy atom. The summed E-state index contributed by atoms with van der Waals surface area (Å²) in [5, 5.41) is 3.91. The Hall–Kier alpha value is -2.24. The molecule has 3 aromatic rings. The van der Waals surface area contributed by atoms with Crippen molar-refractivity contribution in [2.75, 3.05) is 27.2 Å². The molecule has 2 aromatic carbocycles. The van der Waals surface area contributed by atoms with Crippen molar-refractivity contribution in [3.63, 3.8) is 0 Å². The minimum Gasteiger partial charge on any atom is -0.352 e. The highest BCUT2D eigenvalue weighted by atomic mass is 79.9. The van der Waals surface area contributed by atoms with Gasteiger partial charge in [0.1, 0.15) is 0 Å². The molecule has 5 heteroatoms. The van der Waals surface area contributed by atoms with E-state index < -0.39 is 0 Å². The van der Waals surface area contributed by atoms with Gasteiger partial charge in [0.05, 0.1) is 16.8 Å². The predicted molar refractivity (Wildman–Crippen MR) is 110 cm³/mol. The number of benzene rings is 2. The van der Waals surface area contributed by atoms with Crippen LogP contribution >= 0.6 is 15.9 Å². The number of halogens is 1. The Bertz CT molecular complexity index is 924. The van der Waals surface area contributed by atoms with E-state index in [1.807, 2.05) is 68.7 Å². The Balaban J connectivity index is 1.94. The van der Waals surface area contributed by atoms with Gasteiger partial charge in [0.25, 0.3) is 5.91 Å². The fraction of sp³-hybridized carbons (Fsp3) is 0.238. The van der Waals surface area contributed by atoms with Crippen molar-refractivity contribution in [2.24, 2.45) is 0 Å². The second-order valence-electron chi connectivity index (χ2n) is 6.50. The number of hydrogen-bond donors (Lipinski definition) is 1. The normalized spacial score (nSPS) is 11.1. The van der Waals surface area contributed by atoms with Crippen LogP contribution < -0.4 is 5.32 Å². The van der Waals surface area contributed by atoms with Crippen LogP contribution in [0.15, 0.2) is 59.1 Å². The average molecular weight is 412 g/mol. The maximum atomic E-state index is 12.8. The van der Waals surface area contributed by atoms with Gasteiger partial charge in [-0.1, -0.05) is 46.3 Å². The average Bonchev–Trinajstić information content (AvgIpc) is 2.64. The molecule has 0 aliphatic rings. The van der Waals surface area contributed by atoms with E-state index in [4.69, 9.17) is 4.98 Å². The molecule has 0 aliphatic heterocycles. The minimum absolute atomic E-state index is 0.0568. The number of hydrogen-bond acceptors (Lipinski definition) is 3. The molecule has 0 bridgehead atoms. The number of pyridine rings is 1. The molecule has 1 N–H and O–H groups in total. The summed E-state index contributed by atoms with van der Waals surface area (Å²) in [6, 6.07) is 17.6. The Labute approximate surface area is 162 Å². The summed E-state index contributed by atoms with van der Waals surface area (Å²) >= 11 is 3.50. The van der Waals surface area contributed by atoms with Crippen LogP contribution in [0.4, 0.5) is 0 Å². The van der Waals surface area contributed by atoms with Gasteiger partial charge in [0.15, 0.2) is 0 Å². The van der Waals surface area contributed by atoms with E-state index >= 15 is 0 Å². The van der Waals surface area contributed by atoms with E-state index in [1.54, 1.807) is 0 Å². The molecule has 0 atom stereocenters. The number of para-hydroxylation sites is 1. The molecule has 1 amide bonds. The van der Waals surface area contributed by atoms with Crippen LogP contribution in [0.5, 0.6) is 0 Å². The van der Waals surface area contributed by atoms with Gasteiger partial charge in [0, 0.05) is 22.0 Å². The van der Waals surface area contributed by atoms with E-state index in [9.17, 15) is 4.79 Å². The fourth-order valence-electron chi connectivity index (χ4n) is 2.85. The lowest BCUT2D eigenvalue weighted by Gasteiger charge is -2.12. The van der Waals surface area contributed by atoms with Gasteiger partial charge in [-0.2, -0.15) is 0 Å². The van der Waals surface area contributed by atoms with Crippen LogP contribution in [0.3, 0.4) is 0 Å². The van der Waals surface area contributed by atoms with Crippen LogP contribution in [-0.2, 0) is 0 Å². The number of amides is 1. The summed E-state index contributed by atoms with van der Waals surface area (Å²) in [5.74, 6) is -0.0568. The first-order valence-electron chi connectivity index (χ1n) is 8.63. The van der Waals surface area contributed by atoms with E-state index in [1.165, 1.54) is 0 Å². The monoisotopic (exact) mass is 411 g/mol. The van der Waals surface area contributed by atoms with Crippen molar-refractivity contribution in [3.8, 4) is 11.3 Å². The zero-order chi connectivity index (χ0) is 18.5. The van der Waals surface area contributed by atoms with Crippen LogP contribution in [0.2, 0.25) is 0 Å². The Kier molecular flexibility index (Phi) is 6.01. The molecular weight excluding hydrogens is 390 g/mol. The van der Waals surface area contributed by atoms with Gasteiger partial charge in [-0.25, -0.2) is 4.98 Å². The molecule has 0 radical (unpaired) electrons. The molecule has 26 heavy (non-hydrogen) atoms. The highest BCUT2D eigenvalue weighted by Gasteiger charge is 2.13. The summed E-state index contributed by atoms with van der Waals surface area (Å²) in [4.78, 5) is 19.6. The summed E-state index contributed by atoms with van der Waals surface area (Å²) < 4.78 is 0.986. The highest BCUT2D eigenvalue weighted by Crippen LogP contribution is 2.26. The second-order valence-corrected chi connectivity index (χ2v) is 7.41. The molecule has 0 spiro atoms. The maximum absolute atomic E-state index is 12.8. The van der Waals surface area contributed by atoms with Gasteiger partial charge >= 0.3 is 0 Å². The summed E-state index contributed by atoms with van der Waals surface area (Å²) in [7, 11) is 4.06. The number of aromatic nitrogens is 1. The maximum Gasteiger partial charge on any atom is 0.252 e. The van der Waals surface area contributed by atoms with Crippen LogP contribution in [-0.4, -0.2) is 43.0 Å². The topological polar surface area (TPSA) is 45.2 Å². The molecule has 134 valence electrons. The molecule has 0 unspecified atom stereocenters. The first-order valence-corrected chi connectivity index (χ1v) is 9.42. The third-order valence-electron chi connectivity index (χ3n) is 4.15. The van der Waals surface area contributed by atoms with Gasteiger partial charge < -0.3 is 10.2 Å². The van der Waals surface area contributed by atoms with Crippen molar-refractivity contribution >= 4 is 32.7 Å². The first-order chi connectivity index (χ1) is 12.5. The third kappa shape index (κ3) is 4.48. The number of carbonyl (C=O) groups excluding carboxylic acids is 1. The van der Waals surface area contributed by atoms with E-state index in [-0.39, 0.29) is 5.91 Å².